The highest BCUT2D eigenvalue weighted by Crippen LogP contribution is 2.29. The van der Waals surface area contributed by atoms with E-state index < -0.39 is 23.4 Å². The van der Waals surface area contributed by atoms with Crippen molar-refractivity contribution in [3.05, 3.63) is 70.0 Å². The first-order valence-electron chi connectivity index (χ1n) is 11.0. The number of hydrogen-bond acceptors (Lipinski definition) is 8. The van der Waals surface area contributed by atoms with Gasteiger partial charge in [0.15, 0.2) is 11.3 Å². The van der Waals surface area contributed by atoms with Gasteiger partial charge in [-0.15, -0.1) is 5.10 Å². The number of aromatic nitrogens is 6. The predicted octanol–water partition coefficient (Wildman–Crippen LogP) is -0.383. The van der Waals surface area contributed by atoms with E-state index in [-0.39, 0.29) is 42.6 Å². The zero-order valence-electron chi connectivity index (χ0n) is 18.5. The molecule has 0 spiro atoms. The number of anilines is 1. The van der Waals surface area contributed by atoms with Gasteiger partial charge in [-0.1, -0.05) is 5.21 Å². The highest BCUT2D eigenvalue weighted by molar-refractivity contribution is 6.05. The van der Waals surface area contributed by atoms with Crippen LogP contribution in [-0.4, -0.2) is 64.2 Å². The molecule has 1 saturated heterocycles. The number of H-pyrrole nitrogens is 1. The molecular weight excluding hydrogens is 470 g/mol. The quantitative estimate of drug-likeness (QED) is 0.326. The van der Waals surface area contributed by atoms with Crippen molar-refractivity contribution in [2.45, 2.75) is 25.4 Å². The largest absolute Gasteiger partial charge is 0.322 e. The number of benzene rings is 1. The summed E-state index contributed by atoms with van der Waals surface area (Å²) in [5, 5.41) is 15.3. The fourth-order valence-electron chi connectivity index (χ4n) is 4.37. The summed E-state index contributed by atoms with van der Waals surface area (Å²) in [7, 11) is 0. The number of carbonyl (C=O) groups excluding carboxylic acids is 4. The van der Waals surface area contributed by atoms with Crippen LogP contribution in [0.5, 0.6) is 0 Å². The van der Waals surface area contributed by atoms with Crippen molar-refractivity contribution in [1.29, 1.82) is 0 Å². The smallest absolute Gasteiger partial charge is 0.296 e. The lowest BCUT2D eigenvalue weighted by Gasteiger charge is -2.29. The molecule has 5 heterocycles. The first kappa shape index (κ1) is 21.4. The number of piperidine rings is 1. The Morgan fingerprint density at radius 1 is 1.14 bits per heavy atom. The van der Waals surface area contributed by atoms with E-state index in [9.17, 15) is 24.0 Å². The number of hydrogen-bond donors (Lipinski definition) is 3. The molecule has 4 aromatic rings. The molecule has 2 aliphatic rings. The number of amides is 4. The van der Waals surface area contributed by atoms with Gasteiger partial charge in [0.25, 0.3) is 17.4 Å². The van der Waals surface area contributed by atoms with Gasteiger partial charge in [-0.2, -0.15) is 4.52 Å². The second kappa shape index (κ2) is 7.97. The van der Waals surface area contributed by atoms with E-state index in [0.717, 1.165) is 0 Å². The summed E-state index contributed by atoms with van der Waals surface area (Å²) in [6.45, 7) is 0.203. The Balaban J connectivity index is 1.21. The summed E-state index contributed by atoms with van der Waals surface area (Å²) >= 11 is 0. The standard InChI is InChI=1S/C22H17N9O5/c32-18-4-3-16(20(34)26-18)29-9-11-7-12(1-2-13(11)21(29)35)30-10-15(27-28-30)19(33)25-14-8-23-17-5-6-24-31(17)22(14)36/h1-2,5-8,10,16,24H,3-4,9H2,(H,25,33)(H,26,32,34). The average Bonchev–Trinajstić information content (AvgIpc) is 3.60. The summed E-state index contributed by atoms with van der Waals surface area (Å²) < 4.78 is 2.56. The molecule has 6 rings (SSSR count). The van der Waals surface area contributed by atoms with Crippen LogP contribution in [0.3, 0.4) is 0 Å². The van der Waals surface area contributed by atoms with Crippen LogP contribution in [0, 0.1) is 0 Å². The maximum absolute atomic E-state index is 12.9. The number of carbonyl (C=O) groups is 4. The lowest BCUT2D eigenvalue weighted by Crippen LogP contribution is -2.52. The maximum atomic E-state index is 12.9. The normalized spacial score (nSPS) is 17.4. The highest BCUT2D eigenvalue weighted by atomic mass is 16.2. The van der Waals surface area contributed by atoms with Gasteiger partial charge < -0.3 is 10.2 Å². The van der Waals surface area contributed by atoms with Crippen LogP contribution in [0.4, 0.5) is 5.69 Å². The molecule has 1 atom stereocenters. The van der Waals surface area contributed by atoms with E-state index in [0.29, 0.717) is 22.5 Å². The molecule has 0 aliphatic carbocycles. The van der Waals surface area contributed by atoms with Crippen LogP contribution in [0.2, 0.25) is 0 Å². The first-order valence-corrected chi connectivity index (χ1v) is 11.0. The first-order chi connectivity index (χ1) is 17.4. The second-order valence-corrected chi connectivity index (χ2v) is 8.38. The molecule has 0 saturated carbocycles. The molecule has 1 fully saturated rings. The Morgan fingerprint density at radius 2 is 2.00 bits per heavy atom. The highest BCUT2D eigenvalue weighted by Gasteiger charge is 2.39. The molecule has 1 unspecified atom stereocenters. The molecule has 14 heteroatoms. The monoisotopic (exact) mass is 487 g/mol. The zero-order valence-corrected chi connectivity index (χ0v) is 18.5. The average molecular weight is 487 g/mol. The Bertz CT molecular complexity index is 1650. The minimum atomic E-state index is -0.712. The van der Waals surface area contributed by atoms with Crippen LogP contribution in [0.25, 0.3) is 11.3 Å². The molecule has 0 radical (unpaired) electrons. The van der Waals surface area contributed by atoms with Crippen molar-refractivity contribution in [3.63, 3.8) is 0 Å². The van der Waals surface area contributed by atoms with Crippen LogP contribution in [0.15, 0.2) is 47.7 Å². The van der Waals surface area contributed by atoms with E-state index in [1.54, 1.807) is 30.5 Å². The summed E-state index contributed by atoms with van der Waals surface area (Å²) in [5.74, 6) is -1.76. The summed E-state index contributed by atoms with van der Waals surface area (Å²) in [5.41, 5.74) is 1.56. The van der Waals surface area contributed by atoms with Gasteiger partial charge >= 0.3 is 0 Å². The second-order valence-electron chi connectivity index (χ2n) is 8.38. The van der Waals surface area contributed by atoms with Crippen LogP contribution < -0.4 is 16.2 Å². The number of imide groups is 1. The van der Waals surface area contributed by atoms with E-state index in [1.807, 2.05) is 0 Å². The minimum Gasteiger partial charge on any atom is -0.322 e. The third-order valence-electron chi connectivity index (χ3n) is 6.17. The van der Waals surface area contributed by atoms with Crippen molar-refractivity contribution in [2.75, 3.05) is 5.32 Å². The number of fused-ring (bicyclic) bond motifs is 2. The van der Waals surface area contributed by atoms with E-state index >= 15 is 0 Å². The van der Waals surface area contributed by atoms with Crippen molar-refractivity contribution in [2.24, 2.45) is 0 Å². The van der Waals surface area contributed by atoms with Gasteiger partial charge in [0.1, 0.15) is 11.7 Å². The molecule has 3 aromatic heterocycles. The van der Waals surface area contributed by atoms with E-state index in [2.05, 4.69) is 31.0 Å². The molecule has 3 N–H and O–H groups in total. The van der Waals surface area contributed by atoms with Gasteiger partial charge in [-0.05, 0) is 30.2 Å². The van der Waals surface area contributed by atoms with Crippen molar-refractivity contribution < 1.29 is 19.2 Å². The fraction of sp³-hybridized carbons (Fsp3) is 0.182. The molecule has 180 valence electrons. The summed E-state index contributed by atoms with van der Waals surface area (Å²) in [4.78, 5) is 67.2. The Hall–Kier alpha value is -5.14. The molecule has 1 aromatic carbocycles. The topological polar surface area (TPSA) is 176 Å². The number of nitrogens with one attached hydrogen (secondary N) is 3. The molecular formula is C22H17N9O5. The lowest BCUT2D eigenvalue weighted by molar-refractivity contribution is -0.136. The zero-order chi connectivity index (χ0) is 25.0. The third kappa shape index (κ3) is 3.43. The molecule has 4 amide bonds. The van der Waals surface area contributed by atoms with Gasteiger partial charge in [-0.3, -0.25) is 34.4 Å². The Labute approximate surface area is 200 Å². The minimum absolute atomic E-state index is 0.0286. The lowest BCUT2D eigenvalue weighted by atomic mass is 10.0. The van der Waals surface area contributed by atoms with Crippen LogP contribution in [0.1, 0.15) is 39.3 Å². The van der Waals surface area contributed by atoms with Gasteiger partial charge in [0.2, 0.25) is 11.8 Å². The molecule has 14 nitrogen and oxygen atoms in total. The number of rotatable bonds is 4. The number of aromatic amines is 1. The van der Waals surface area contributed by atoms with Gasteiger partial charge in [0.05, 0.1) is 18.1 Å². The van der Waals surface area contributed by atoms with Crippen LogP contribution in [-0.2, 0) is 16.1 Å². The Kier molecular flexibility index (Phi) is 4.74. The van der Waals surface area contributed by atoms with Crippen molar-refractivity contribution in [3.8, 4) is 5.69 Å². The molecule has 0 bridgehead atoms. The van der Waals surface area contributed by atoms with Crippen LogP contribution >= 0.6 is 0 Å². The SMILES string of the molecule is O=C1CCC(N2Cc3cc(-n4cc(C(=O)Nc5cnc6cc[nH]n6c5=O)nn4)ccc3C2=O)C(=O)N1. The summed E-state index contributed by atoms with van der Waals surface area (Å²) in [6, 6.07) is 5.91. The summed E-state index contributed by atoms with van der Waals surface area (Å²) in [6.07, 6.45) is 4.65. The Morgan fingerprint density at radius 3 is 2.83 bits per heavy atom. The predicted molar refractivity (Wildman–Crippen MR) is 121 cm³/mol. The maximum Gasteiger partial charge on any atom is 0.296 e. The number of nitrogens with zero attached hydrogens (tertiary/aromatic N) is 6. The van der Waals surface area contributed by atoms with E-state index in [1.165, 1.54) is 26.5 Å². The van der Waals surface area contributed by atoms with Crippen molar-refractivity contribution in [1.82, 2.24) is 39.8 Å². The third-order valence-corrected chi connectivity index (χ3v) is 6.17. The fourth-order valence-corrected chi connectivity index (χ4v) is 4.37. The van der Waals surface area contributed by atoms with E-state index in [4.69, 9.17) is 0 Å². The molecule has 36 heavy (non-hydrogen) atoms. The molecule has 2 aliphatic heterocycles. The van der Waals surface area contributed by atoms with Gasteiger partial charge in [-0.25, -0.2) is 9.67 Å². The van der Waals surface area contributed by atoms with Crippen molar-refractivity contribution >= 4 is 35.0 Å². The van der Waals surface area contributed by atoms with Gasteiger partial charge in [0, 0.05) is 30.8 Å².